The zero-order valence-corrected chi connectivity index (χ0v) is 12.6. The van der Waals surface area contributed by atoms with Crippen LogP contribution in [0.2, 0.25) is 0 Å². The number of halogens is 1. The Kier molecular flexibility index (Phi) is 5.25. The van der Waals surface area contributed by atoms with Gasteiger partial charge >= 0.3 is 0 Å². The molecule has 1 aromatic rings. The molecular formula is C14H21ClN2OS. The standard InChI is InChI=1S/C14H20N2OS.ClH/c17-14(4-1-11-6-8-18-10-11)16-12-2-3-13(16)9-15-7-5-12;/h6,8,10,12-13,15H,1-5,7,9H2;1H. The Morgan fingerprint density at radius 2 is 2.21 bits per heavy atom. The zero-order chi connectivity index (χ0) is 12.4. The summed E-state index contributed by atoms with van der Waals surface area (Å²) in [5.41, 5.74) is 1.30. The van der Waals surface area contributed by atoms with Crippen LogP contribution in [0.3, 0.4) is 0 Å². The largest absolute Gasteiger partial charge is 0.335 e. The first kappa shape index (κ1) is 14.8. The van der Waals surface area contributed by atoms with Gasteiger partial charge in [-0.25, -0.2) is 0 Å². The van der Waals surface area contributed by atoms with Crippen LogP contribution >= 0.6 is 23.7 Å². The minimum Gasteiger partial charge on any atom is -0.335 e. The highest BCUT2D eigenvalue weighted by atomic mass is 35.5. The maximum atomic E-state index is 12.4. The van der Waals surface area contributed by atoms with Gasteiger partial charge in [0.05, 0.1) is 0 Å². The Morgan fingerprint density at radius 3 is 3.00 bits per heavy atom. The molecule has 0 spiro atoms. The number of amides is 1. The number of thiophene rings is 1. The van der Waals surface area contributed by atoms with E-state index in [2.05, 4.69) is 27.0 Å². The van der Waals surface area contributed by atoms with Gasteiger partial charge in [-0.3, -0.25) is 4.79 Å². The van der Waals surface area contributed by atoms with Gasteiger partial charge in [-0.1, -0.05) is 0 Å². The lowest BCUT2D eigenvalue weighted by Crippen LogP contribution is -2.42. The van der Waals surface area contributed by atoms with Crippen LogP contribution in [0.5, 0.6) is 0 Å². The maximum absolute atomic E-state index is 12.4. The molecule has 1 aromatic heterocycles. The van der Waals surface area contributed by atoms with Gasteiger partial charge < -0.3 is 10.2 Å². The van der Waals surface area contributed by atoms with Crippen LogP contribution in [0.1, 0.15) is 31.2 Å². The summed E-state index contributed by atoms with van der Waals surface area (Å²) in [6.07, 6.45) is 5.08. The van der Waals surface area contributed by atoms with Crippen molar-refractivity contribution in [1.82, 2.24) is 10.2 Å². The Bertz CT molecular complexity index is 396. The van der Waals surface area contributed by atoms with Crippen molar-refractivity contribution in [3.63, 3.8) is 0 Å². The molecule has 2 atom stereocenters. The number of fused-ring (bicyclic) bond motifs is 2. The smallest absolute Gasteiger partial charge is 0.223 e. The van der Waals surface area contributed by atoms with E-state index < -0.39 is 0 Å². The molecule has 0 saturated carbocycles. The van der Waals surface area contributed by atoms with Crippen molar-refractivity contribution in [3.8, 4) is 0 Å². The number of nitrogens with one attached hydrogen (secondary N) is 1. The molecule has 3 heterocycles. The topological polar surface area (TPSA) is 32.3 Å². The molecule has 2 bridgehead atoms. The molecule has 2 saturated heterocycles. The van der Waals surface area contributed by atoms with Crippen LogP contribution in [0.4, 0.5) is 0 Å². The summed E-state index contributed by atoms with van der Waals surface area (Å²) in [4.78, 5) is 14.6. The van der Waals surface area contributed by atoms with Gasteiger partial charge in [-0.05, 0) is 54.6 Å². The summed E-state index contributed by atoms with van der Waals surface area (Å²) in [5, 5.41) is 7.67. The van der Waals surface area contributed by atoms with E-state index in [1.807, 2.05) is 0 Å². The molecule has 3 rings (SSSR count). The monoisotopic (exact) mass is 300 g/mol. The van der Waals surface area contributed by atoms with Gasteiger partial charge in [0.25, 0.3) is 0 Å². The highest BCUT2D eigenvalue weighted by Gasteiger charge is 2.37. The van der Waals surface area contributed by atoms with Crippen molar-refractivity contribution in [1.29, 1.82) is 0 Å². The zero-order valence-electron chi connectivity index (χ0n) is 11.0. The molecule has 2 aliphatic heterocycles. The number of carbonyl (C=O) groups excluding carboxylic acids is 1. The van der Waals surface area contributed by atoms with E-state index in [4.69, 9.17) is 0 Å². The minimum absolute atomic E-state index is 0. The molecule has 2 unspecified atom stereocenters. The van der Waals surface area contributed by atoms with Gasteiger partial charge in [-0.15, -0.1) is 12.4 Å². The van der Waals surface area contributed by atoms with Crippen molar-refractivity contribution in [2.24, 2.45) is 0 Å². The third-order valence-electron chi connectivity index (χ3n) is 4.15. The number of aryl methyl sites for hydroxylation is 1. The summed E-state index contributed by atoms with van der Waals surface area (Å²) < 4.78 is 0. The van der Waals surface area contributed by atoms with Crippen LogP contribution in [0, 0.1) is 0 Å². The molecule has 1 N–H and O–H groups in total. The first-order valence-corrected chi connectivity index (χ1v) is 7.82. The second kappa shape index (κ2) is 6.73. The maximum Gasteiger partial charge on any atom is 0.223 e. The predicted octanol–water partition coefficient (Wildman–Crippen LogP) is 2.46. The molecule has 2 aliphatic rings. The van der Waals surface area contributed by atoms with E-state index in [0.29, 0.717) is 24.4 Å². The third-order valence-corrected chi connectivity index (χ3v) is 4.88. The lowest BCUT2D eigenvalue weighted by molar-refractivity contribution is -0.133. The Hall–Kier alpha value is -0.580. The van der Waals surface area contributed by atoms with Gasteiger partial charge in [-0.2, -0.15) is 11.3 Å². The van der Waals surface area contributed by atoms with Crippen molar-refractivity contribution in [3.05, 3.63) is 22.4 Å². The van der Waals surface area contributed by atoms with E-state index in [9.17, 15) is 4.79 Å². The Morgan fingerprint density at radius 1 is 1.37 bits per heavy atom. The molecule has 19 heavy (non-hydrogen) atoms. The van der Waals surface area contributed by atoms with Crippen molar-refractivity contribution < 1.29 is 4.79 Å². The van der Waals surface area contributed by atoms with E-state index in [-0.39, 0.29) is 12.4 Å². The number of rotatable bonds is 3. The predicted molar refractivity (Wildman–Crippen MR) is 81.0 cm³/mol. The molecule has 1 amide bonds. The van der Waals surface area contributed by atoms with Crippen molar-refractivity contribution >= 4 is 29.7 Å². The Labute approximate surface area is 124 Å². The minimum atomic E-state index is 0. The summed E-state index contributed by atoms with van der Waals surface area (Å²) in [6.45, 7) is 2.05. The summed E-state index contributed by atoms with van der Waals surface area (Å²) in [6, 6.07) is 3.07. The molecule has 106 valence electrons. The number of hydrogen-bond acceptors (Lipinski definition) is 3. The average Bonchev–Trinajstić information content (AvgIpc) is 2.93. The molecule has 0 aromatic carbocycles. The summed E-state index contributed by atoms with van der Waals surface area (Å²) in [5.74, 6) is 0.359. The third kappa shape index (κ3) is 3.30. The van der Waals surface area contributed by atoms with Gasteiger partial charge in [0.15, 0.2) is 0 Å². The fraction of sp³-hybridized carbons (Fsp3) is 0.643. The lowest BCUT2D eigenvalue weighted by Gasteiger charge is -2.28. The molecule has 5 heteroatoms. The van der Waals surface area contributed by atoms with Crippen LogP contribution < -0.4 is 5.32 Å². The van der Waals surface area contributed by atoms with E-state index in [1.54, 1.807) is 11.3 Å². The van der Waals surface area contributed by atoms with Crippen LogP contribution in [0.25, 0.3) is 0 Å². The molecule has 0 aliphatic carbocycles. The van der Waals surface area contributed by atoms with Gasteiger partial charge in [0, 0.05) is 25.0 Å². The first-order chi connectivity index (χ1) is 8.84. The normalized spacial score (nSPS) is 25.8. The number of hydrogen-bond donors (Lipinski definition) is 1. The second-order valence-corrected chi connectivity index (χ2v) is 6.09. The van der Waals surface area contributed by atoms with Gasteiger partial charge in [0.1, 0.15) is 0 Å². The van der Waals surface area contributed by atoms with E-state index in [1.165, 1.54) is 18.4 Å². The Balaban J connectivity index is 0.00000133. The summed E-state index contributed by atoms with van der Waals surface area (Å²) >= 11 is 1.71. The van der Waals surface area contributed by atoms with Crippen molar-refractivity contribution in [2.75, 3.05) is 13.1 Å². The van der Waals surface area contributed by atoms with Crippen LogP contribution in [-0.2, 0) is 11.2 Å². The number of carbonyl (C=O) groups is 1. The average molecular weight is 301 g/mol. The van der Waals surface area contributed by atoms with E-state index in [0.717, 1.165) is 25.9 Å². The second-order valence-electron chi connectivity index (χ2n) is 5.31. The first-order valence-electron chi connectivity index (χ1n) is 6.87. The highest BCUT2D eigenvalue weighted by Crippen LogP contribution is 2.28. The SMILES string of the molecule is Cl.O=C(CCc1ccsc1)N1C2CCNCC1CC2. The van der Waals surface area contributed by atoms with Gasteiger partial charge in [0.2, 0.25) is 5.91 Å². The molecular weight excluding hydrogens is 280 g/mol. The molecule has 2 fully saturated rings. The van der Waals surface area contributed by atoms with Crippen LogP contribution in [-0.4, -0.2) is 36.0 Å². The fourth-order valence-electron chi connectivity index (χ4n) is 3.20. The quantitative estimate of drug-likeness (QED) is 0.930. The highest BCUT2D eigenvalue weighted by molar-refractivity contribution is 7.07. The molecule has 0 radical (unpaired) electrons. The molecule has 3 nitrogen and oxygen atoms in total. The number of nitrogens with zero attached hydrogens (tertiary/aromatic N) is 1. The lowest BCUT2D eigenvalue weighted by atomic mass is 10.1. The van der Waals surface area contributed by atoms with Crippen molar-refractivity contribution in [2.45, 2.75) is 44.2 Å². The summed E-state index contributed by atoms with van der Waals surface area (Å²) in [7, 11) is 0. The van der Waals surface area contributed by atoms with E-state index >= 15 is 0 Å². The van der Waals surface area contributed by atoms with Crippen LogP contribution in [0.15, 0.2) is 16.8 Å². The fourth-order valence-corrected chi connectivity index (χ4v) is 3.91.